The van der Waals surface area contributed by atoms with Crippen molar-refractivity contribution in [1.82, 2.24) is 4.90 Å². The molecule has 1 N–H and O–H groups in total. The summed E-state index contributed by atoms with van der Waals surface area (Å²) in [5.74, 6) is 0.631. The Morgan fingerprint density at radius 3 is 2.45 bits per heavy atom. The van der Waals surface area contributed by atoms with Crippen LogP contribution in [-0.4, -0.2) is 36.7 Å². The van der Waals surface area contributed by atoms with Gasteiger partial charge in [0.2, 0.25) is 0 Å². The highest BCUT2D eigenvalue weighted by Crippen LogP contribution is 2.23. The Hall–Kier alpha value is -2.33. The van der Waals surface area contributed by atoms with Gasteiger partial charge in [0.25, 0.3) is 5.91 Å². The van der Waals surface area contributed by atoms with Gasteiger partial charge in [0.1, 0.15) is 5.75 Å². The number of aliphatic hydroxyl groups is 1. The molecule has 0 aliphatic rings. The predicted octanol–water partition coefficient (Wildman–Crippen LogP) is 2.81. The number of carbonyl (C=O) groups excluding carboxylic acids is 1. The number of carbonyl (C=O) groups is 1. The first-order valence-electron chi connectivity index (χ1n) is 7.15. The van der Waals surface area contributed by atoms with E-state index in [1.807, 2.05) is 49.4 Å². The molecular weight excluding hydrogens is 278 g/mol. The van der Waals surface area contributed by atoms with E-state index < -0.39 is 0 Å². The second kappa shape index (κ2) is 7.09. The highest BCUT2D eigenvalue weighted by molar-refractivity contribution is 5.94. The van der Waals surface area contributed by atoms with E-state index in [2.05, 4.69) is 0 Å². The highest BCUT2D eigenvalue weighted by atomic mass is 16.5. The number of likely N-dealkylation sites (N-methyl/N-ethyl adjacent to an activating group) is 1. The van der Waals surface area contributed by atoms with Crippen molar-refractivity contribution in [2.75, 3.05) is 20.8 Å². The molecule has 4 heteroatoms. The third kappa shape index (κ3) is 3.46. The van der Waals surface area contributed by atoms with Crippen LogP contribution in [0.15, 0.2) is 48.5 Å². The number of methoxy groups -OCH3 is 1. The second-order valence-corrected chi connectivity index (χ2v) is 5.26. The molecule has 0 unspecified atom stereocenters. The van der Waals surface area contributed by atoms with Crippen LogP contribution in [0.2, 0.25) is 0 Å². The summed E-state index contributed by atoms with van der Waals surface area (Å²) in [6, 6.07) is 14.4. The zero-order valence-corrected chi connectivity index (χ0v) is 13.1. The van der Waals surface area contributed by atoms with Crippen LogP contribution >= 0.6 is 0 Å². The lowest BCUT2D eigenvalue weighted by molar-refractivity contribution is 0.0658. The highest BCUT2D eigenvalue weighted by Gasteiger charge is 2.22. The summed E-state index contributed by atoms with van der Waals surface area (Å²) in [5.41, 5.74) is 2.52. The average Bonchev–Trinajstić information content (AvgIpc) is 2.55. The summed E-state index contributed by atoms with van der Waals surface area (Å²) in [6.07, 6.45) is 0. The molecule has 0 bridgehead atoms. The monoisotopic (exact) mass is 299 g/mol. The summed E-state index contributed by atoms with van der Waals surface area (Å²) in [6.45, 7) is 1.81. The molecule has 0 aliphatic carbocycles. The Kier molecular flexibility index (Phi) is 5.17. The van der Waals surface area contributed by atoms with Gasteiger partial charge in [0.05, 0.1) is 19.8 Å². The fraction of sp³-hybridized carbons (Fsp3) is 0.278. The lowest BCUT2D eigenvalue weighted by Gasteiger charge is -2.27. The fourth-order valence-electron chi connectivity index (χ4n) is 2.40. The molecule has 0 saturated carbocycles. The van der Waals surface area contributed by atoms with Gasteiger partial charge in [-0.3, -0.25) is 4.79 Å². The maximum atomic E-state index is 12.6. The minimum atomic E-state index is -0.390. The molecule has 1 amide bonds. The smallest absolute Gasteiger partial charge is 0.254 e. The lowest BCUT2D eigenvalue weighted by Crippen LogP contribution is -2.33. The van der Waals surface area contributed by atoms with Gasteiger partial charge in [-0.1, -0.05) is 29.8 Å². The van der Waals surface area contributed by atoms with Crippen LogP contribution in [0.1, 0.15) is 27.5 Å². The quantitative estimate of drug-likeness (QED) is 0.923. The number of aryl methyl sites for hydroxylation is 1. The van der Waals surface area contributed by atoms with Crippen LogP contribution < -0.4 is 4.74 Å². The van der Waals surface area contributed by atoms with Crippen LogP contribution in [0.3, 0.4) is 0 Å². The topological polar surface area (TPSA) is 49.8 Å². The molecule has 1 atom stereocenters. The van der Waals surface area contributed by atoms with E-state index in [1.165, 1.54) is 0 Å². The minimum absolute atomic E-state index is 0.112. The largest absolute Gasteiger partial charge is 0.497 e. The van der Waals surface area contributed by atoms with Crippen LogP contribution in [0, 0.1) is 6.92 Å². The van der Waals surface area contributed by atoms with Gasteiger partial charge in [-0.15, -0.1) is 0 Å². The molecule has 2 aromatic rings. The molecular formula is C18H21NO3. The van der Waals surface area contributed by atoms with Gasteiger partial charge in [-0.25, -0.2) is 0 Å². The first kappa shape index (κ1) is 16.0. The van der Waals surface area contributed by atoms with Crippen LogP contribution in [0.4, 0.5) is 0 Å². The number of ether oxygens (including phenoxy) is 1. The van der Waals surface area contributed by atoms with Crippen molar-refractivity contribution in [2.24, 2.45) is 0 Å². The Morgan fingerprint density at radius 1 is 1.23 bits per heavy atom. The van der Waals surface area contributed by atoms with Crippen molar-refractivity contribution in [3.05, 3.63) is 65.2 Å². The average molecular weight is 299 g/mol. The van der Waals surface area contributed by atoms with Crippen LogP contribution in [0.5, 0.6) is 5.75 Å². The number of rotatable bonds is 5. The van der Waals surface area contributed by atoms with Gasteiger partial charge in [-0.05, 0) is 36.8 Å². The zero-order valence-electron chi connectivity index (χ0n) is 13.1. The molecule has 0 saturated heterocycles. The molecule has 4 nitrogen and oxygen atoms in total. The van der Waals surface area contributed by atoms with E-state index >= 15 is 0 Å². The Morgan fingerprint density at radius 2 is 1.91 bits per heavy atom. The summed E-state index contributed by atoms with van der Waals surface area (Å²) >= 11 is 0. The van der Waals surface area contributed by atoms with Crippen molar-refractivity contribution in [2.45, 2.75) is 13.0 Å². The maximum absolute atomic E-state index is 12.6. The summed E-state index contributed by atoms with van der Waals surface area (Å²) in [5, 5.41) is 9.70. The molecule has 0 radical (unpaired) electrons. The van der Waals surface area contributed by atoms with E-state index in [0.717, 1.165) is 16.9 Å². The van der Waals surface area contributed by atoms with Gasteiger partial charge in [0, 0.05) is 12.6 Å². The zero-order chi connectivity index (χ0) is 16.1. The Balaban J connectivity index is 2.23. The van der Waals surface area contributed by atoms with Crippen molar-refractivity contribution in [3.63, 3.8) is 0 Å². The molecule has 0 heterocycles. The Bertz CT molecular complexity index is 637. The first-order chi connectivity index (χ1) is 10.6. The van der Waals surface area contributed by atoms with E-state index in [0.29, 0.717) is 5.56 Å². The van der Waals surface area contributed by atoms with Gasteiger partial charge < -0.3 is 14.7 Å². The third-order valence-corrected chi connectivity index (χ3v) is 3.73. The number of aliphatic hydroxyl groups excluding tert-OH is 1. The van der Waals surface area contributed by atoms with Gasteiger partial charge >= 0.3 is 0 Å². The number of hydrogen-bond acceptors (Lipinski definition) is 3. The fourth-order valence-corrected chi connectivity index (χ4v) is 2.40. The van der Waals surface area contributed by atoms with Crippen LogP contribution in [0.25, 0.3) is 0 Å². The lowest BCUT2D eigenvalue weighted by atomic mass is 10.0. The second-order valence-electron chi connectivity index (χ2n) is 5.26. The molecule has 0 aromatic heterocycles. The molecule has 0 spiro atoms. The number of nitrogens with zero attached hydrogens (tertiary/aromatic N) is 1. The van der Waals surface area contributed by atoms with E-state index in [-0.39, 0.29) is 18.6 Å². The van der Waals surface area contributed by atoms with Crippen molar-refractivity contribution >= 4 is 5.91 Å². The summed E-state index contributed by atoms with van der Waals surface area (Å²) in [7, 11) is 3.31. The molecule has 116 valence electrons. The molecule has 0 fully saturated rings. The first-order valence-corrected chi connectivity index (χ1v) is 7.15. The maximum Gasteiger partial charge on any atom is 0.254 e. The SMILES string of the molecule is COc1ccc([C@H](CO)N(C)C(=O)c2cccc(C)c2)cc1. The van der Waals surface area contributed by atoms with Crippen molar-refractivity contribution in [1.29, 1.82) is 0 Å². The number of benzene rings is 2. The normalized spacial score (nSPS) is 11.8. The standard InChI is InChI=1S/C18H21NO3/c1-13-5-4-6-15(11-13)18(21)19(2)17(12-20)14-7-9-16(22-3)10-8-14/h4-11,17,20H,12H2,1-3H3/t17-/m0/s1. The van der Waals surface area contributed by atoms with Gasteiger partial charge in [-0.2, -0.15) is 0 Å². The third-order valence-electron chi connectivity index (χ3n) is 3.73. The number of hydrogen-bond donors (Lipinski definition) is 1. The van der Waals surface area contributed by atoms with Crippen molar-refractivity contribution < 1.29 is 14.6 Å². The minimum Gasteiger partial charge on any atom is -0.497 e. The van der Waals surface area contributed by atoms with Crippen LogP contribution in [-0.2, 0) is 0 Å². The summed E-state index contributed by atoms with van der Waals surface area (Å²) < 4.78 is 5.13. The molecule has 22 heavy (non-hydrogen) atoms. The van der Waals surface area contributed by atoms with Crippen molar-refractivity contribution in [3.8, 4) is 5.75 Å². The molecule has 2 aromatic carbocycles. The van der Waals surface area contributed by atoms with E-state index in [1.54, 1.807) is 25.1 Å². The Labute approximate surface area is 131 Å². The molecule has 0 aliphatic heterocycles. The molecule has 2 rings (SSSR count). The summed E-state index contributed by atoms with van der Waals surface area (Å²) in [4.78, 5) is 14.1. The van der Waals surface area contributed by atoms with E-state index in [9.17, 15) is 9.90 Å². The predicted molar refractivity (Wildman–Crippen MR) is 86.1 cm³/mol. The van der Waals surface area contributed by atoms with E-state index in [4.69, 9.17) is 4.74 Å². The number of amides is 1. The van der Waals surface area contributed by atoms with Gasteiger partial charge in [0.15, 0.2) is 0 Å².